The molecule has 29 heavy (non-hydrogen) atoms. The predicted octanol–water partition coefficient (Wildman–Crippen LogP) is 5.97. The van der Waals surface area contributed by atoms with Crippen molar-refractivity contribution in [2.75, 3.05) is 0 Å². The molecular weight excluding hydrogens is 376 g/mol. The molecule has 0 radical (unpaired) electrons. The van der Waals surface area contributed by atoms with E-state index in [4.69, 9.17) is 0 Å². The summed E-state index contributed by atoms with van der Waals surface area (Å²) in [5, 5.41) is 3.25. The van der Waals surface area contributed by atoms with Crippen LogP contribution in [0, 0.1) is 6.92 Å². The summed E-state index contributed by atoms with van der Waals surface area (Å²) in [4.78, 5) is 22.9. The van der Waals surface area contributed by atoms with Crippen molar-refractivity contribution in [1.82, 2.24) is 9.97 Å². The first-order valence-electron chi connectivity index (χ1n) is 10.1. The highest BCUT2D eigenvalue weighted by atomic mass is 32.1. The van der Waals surface area contributed by atoms with Crippen molar-refractivity contribution < 1.29 is 4.79 Å². The molecule has 0 aliphatic heterocycles. The number of hydrogen-bond acceptors (Lipinski definition) is 4. The van der Waals surface area contributed by atoms with E-state index in [1.807, 2.05) is 31.5 Å². The largest absolute Gasteiger partial charge is 0.294 e. The van der Waals surface area contributed by atoms with Gasteiger partial charge < -0.3 is 0 Å². The van der Waals surface area contributed by atoms with E-state index >= 15 is 0 Å². The summed E-state index contributed by atoms with van der Waals surface area (Å²) >= 11 is 1.69. The summed E-state index contributed by atoms with van der Waals surface area (Å²) in [6, 6.07) is 14.6. The van der Waals surface area contributed by atoms with Gasteiger partial charge >= 0.3 is 0 Å². The second kappa shape index (κ2) is 7.53. The van der Waals surface area contributed by atoms with Gasteiger partial charge in [-0.25, -0.2) is 4.98 Å². The van der Waals surface area contributed by atoms with Gasteiger partial charge in [0.2, 0.25) is 0 Å². The smallest absolute Gasteiger partial charge is 0.168 e. The van der Waals surface area contributed by atoms with Crippen LogP contribution in [0.4, 0.5) is 0 Å². The molecule has 0 unspecified atom stereocenters. The SMILES string of the molecule is Cc1ncc(-c2ccc3cnc(CC(=O)c4ccc5c(c4)CCCC5)cc3c2)s1. The number of benzene rings is 2. The number of pyridine rings is 1. The number of rotatable bonds is 4. The minimum Gasteiger partial charge on any atom is -0.294 e. The molecule has 4 aromatic rings. The van der Waals surface area contributed by atoms with Gasteiger partial charge in [0.1, 0.15) is 0 Å². The summed E-state index contributed by atoms with van der Waals surface area (Å²) in [6.07, 6.45) is 8.82. The number of carbonyl (C=O) groups excluding carboxylic acids is 1. The highest BCUT2D eigenvalue weighted by Crippen LogP contribution is 2.29. The molecular formula is C25H22N2OS. The van der Waals surface area contributed by atoms with Crippen molar-refractivity contribution in [3.63, 3.8) is 0 Å². The molecule has 0 N–H and O–H groups in total. The third-order valence-corrected chi connectivity index (χ3v) is 6.66. The number of carbonyl (C=O) groups is 1. The fourth-order valence-electron chi connectivity index (χ4n) is 4.10. The van der Waals surface area contributed by atoms with Crippen molar-refractivity contribution in [2.24, 2.45) is 0 Å². The summed E-state index contributed by atoms with van der Waals surface area (Å²) in [5.74, 6) is 0.138. The number of thiazole rings is 1. The first kappa shape index (κ1) is 18.2. The van der Waals surface area contributed by atoms with E-state index in [1.165, 1.54) is 24.0 Å². The van der Waals surface area contributed by atoms with Crippen LogP contribution in [0.1, 0.15) is 45.0 Å². The van der Waals surface area contributed by atoms with Gasteiger partial charge in [-0.3, -0.25) is 9.78 Å². The number of aromatic nitrogens is 2. The zero-order valence-electron chi connectivity index (χ0n) is 16.4. The standard InChI is InChI=1S/C25H22N2OS/c1-16-26-15-25(29-16)20-8-9-21-14-27-23(12-22(21)11-20)13-24(28)19-7-6-17-4-2-3-5-18(17)10-19/h6-12,14-15H,2-5,13H2,1H3. The maximum absolute atomic E-state index is 12.9. The summed E-state index contributed by atoms with van der Waals surface area (Å²) < 4.78 is 0. The molecule has 144 valence electrons. The number of ketones is 1. The number of aryl methyl sites for hydroxylation is 3. The zero-order valence-corrected chi connectivity index (χ0v) is 17.3. The Bertz CT molecular complexity index is 1220. The van der Waals surface area contributed by atoms with Crippen LogP contribution in [0.3, 0.4) is 0 Å². The van der Waals surface area contributed by atoms with Crippen molar-refractivity contribution in [3.05, 3.63) is 82.3 Å². The van der Waals surface area contributed by atoms with Gasteiger partial charge in [-0.1, -0.05) is 24.3 Å². The molecule has 0 fully saturated rings. The second-order valence-electron chi connectivity index (χ2n) is 7.77. The molecule has 2 aromatic heterocycles. The Kier molecular flexibility index (Phi) is 4.72. The number of nitrogens with zero attached hydrogens (tertiary/aromatic N) is 2. The Morgan fingerprint density at radius 1 is 0.931 bits per heavy atom. The molecule has 2 aromatic carbocycles. The topological polar surface area (TPSA) is 42.9 Å². The van der Waals surface area contributed by atoms with Crippen molar-refractivity contribution >= 4 is 27.9 Å². The lowest BCUT2D eigenvalue weighted by Gasteiger charge is -2.16. The molecule has 0 saturated heterocycles. The van der Waals surface area contributed by atoms with Crippen molar-refractivity contribution in [1.29, 1.82) is 0 Å². The normalized spacial score (nSPS) is 13.4. The lowest BCUT2D eigenvalue weighted by molar-refractivity contribution is 0.0992. The Morgan fingerprint density at radius 3 is 2.62 bits per heavy atom. The average molecular weight is 399 g/mol. The molecule has 1 aliphatic rings. The number of hydrogen-bond donors (Lipinski definition) is 0. The van der Waals surface area contributed by atoms with Gasteiger partial charge in [0.25, 0.3) is 0 Å². The van der Waals surface area contributed by atoms with Crippen LogP contribution in [0.25, 0.3) is 21.2 Å². The minimum atomic E-state index is 0.138. The molecule has 4 heteroatoms. The van der Waals surface area contributed by atoms with Crippen molar-refractivity contribution in [3.8, 4) is 10.4 Å². The molecule has 5 rings (SSSR count). The van der Waals surface area contributed by atoms with Crippen LogP contribution in [0.15, 0.2) is 54.9 Å². The quantitative estimate of drug-likeness (QED) is 0.398. The lowest BCUT2D eigenvalue weighted by Crippen LogP contribution is -2.08. The minimum absolute atomic E-state index is 0.138. The van der Waals surface area contributed by atoms with E-state index in [-0.39, 0.29) is 5.78 Å². The van der Waals surface area contributed by atoms with Gasteiger partial charge in [0.05, 0.1) is 16.3 Å². The van der Waals surface area contributed by atoms with E-state index < -0.39 is 0 Å². The molecule has 3 nitrogen and oxygen atoms in total. The Labute approximate surface area is 174 Å². The van der Waals surface area contributed by atoms with Gasteiger partial charge in [-0.2, -0.15) is 0 Å². The maximum Gasteiger partial charge on any atom is 0.168 e. The van der Waals surface area contributed by atoms with E-state index in [1.54, 1.807) is 11.3 Å². The van der Waals surface area contributed by atoms with Crippen LogP contribution >= 0.6 is 11.3 Å². The van der Waals surface area contributed by atoms with Gasteiger partial charge in [-0.15, -0.1) is 11.3 Å². The van der Waals surface area contributed by atoms with Gasteiger partial charge in [0.15, 0.2) is 5.78 Å². The van der Waals surface area contributed by atoms with E-state index in [0.29, 0.717) is 6.42 Å². The Hall–Kier alpha value is -2.85. The number of fused-ring (bicyclic) bond motifs is 2. The fraction of sp³-hybridized carbons (Fsp3) is 0.240. The molecule has 0 atom stereocenters. The van der Waals surface area contributed by atoms with Crippen LogP contribution in [-0.2, 0) is 19.3 Å². The maximum atomic E-state index is 12.9. The second-order valence-corrected chi connectivity index (χ2v) is 9.01. The molecule has 0 bridgehead atoms. The molecule has 1 aliphatic carbocycles. The average Bonchev–Trinajstić information content (AvgIpc) is 3.19. The number of Topliss-reactive ketones (excluding diaryl/α,β-unsaturated/α-hetero) is 1. The zero-order chi connectivity index (χ0) is 19.8. The fourth-order valence-corrected chi connectivity index (χ4v) is 4.88. The lowest BCUT2D eigenvalue weighted by atomic mass is 9.89. The molecule has 2 heterocycles. The van der Waals surface area contributed by atoms with Crippen LogP contribution in [0.5, 0.6) is 0 Å². The molecule has 0 spiro atoms. The van der Waals surface area contributed by atoms with E-state index in [2.05, 4.69) is 40.3 Å². The summed E-state index contributed by atoms with van der Waals surface area (Å²) in [7, 11) is 0. The van der Waals surface area contributed by atoms with Gasteiger partial charge in [-0.05, 0) is 72.9 Å². The monoisotopic (exact) mass is 398 g/mol. The third-order valence-electron chi connectivity index (χ3n) is 5.70. The summed E-state index contributed by atoms with van der Waals surface area (Å²) in [5.41, 5.74) is 5.53. The van der Waals surface area contributed by atoms with Crippen molar-refractivity contribution in [2.45, 2.75) is 39.0 Å². The molecule has 0 amide bonds. The first-order chi connectivity index (χ1) is 14.2. The summed E-state index contributed by atoms with van der Waals surface area (Å²) in [6.45, 7) is 2.02. The van der Waals surface area contributed by atoms with Crippen LogP contribution in [0.2, 0.25) is 0 Å². The Balaban J connectivity index is 1.42. The van der Waals surface area contributed by atoms with Crippen LogP contribution < -0.4 is 0 Å². The molecule has 0 saturated carbocycles. The highest BCUT2D eigenvalue weighted by Gasteiger charge is 2.14. The third kappa shape index (κ3) is 3.73. The predicted molar refractivity (Wildman–Crippen MR) is 119 cm³/mol. The van der Waals surface area contributed by atoms with E-state index in [0.717, 1.165) is 50.3 Å². The van der Waals surface area contributed by atoms with Gasteiger partial charge in [0, 0.05) is 29.0 Å². The first-order valence-corrected chi connectivity index (χ1v) is 10.9. The Morgan fingerprint density at radius 2 is 1.79 bits per heavy atom. The van der Waals surface area contributed by atoms with Crippen LogP contribution in [-0.4, -0.2) is 15.8 Å². The highest BCUT2D eigenvalue weighted by molar-refractivity contribution is 7.15. The van der Waals surface area contributed by atoms with E-state index in [9.17, 15) is 4.79 Å².